The van der Waals surface area contributed by atoms with E-state index in [2.05, 4.69) is 6.58 Å². The summed E-state index contributed by atoms with van der Waals surface area (Å²) in [5.74, 6) is 0.198. The summed E-state index contributed by atoms with van der Waals surface area (Å²) < 4.78 is 24.9. The van der Waals surface area contributed by atoms with Crippen LogP contribution in [-0.2, 0) is 22.6 Å². The number of aliphatic hydroxyl groups excluding tert-OH is 1. The molecular formula is C29H33FN2O4S. The van der Waals surface area contributed by atoms with Crippen molar-refractivity contribution in [3.05, 3.63) is 101 Å². The van der Waals surface area contributed by atoms with Crippen molar-refractivity contribution in [2.24, 2.45) is 0 Å². The third kappa shape index (κ3) is 7.72. The fourth-order valence-electron chi connectivity index (χ4n) is 4.49. The number of carbonyl (C=O) groups is 1. The zero-order valence-corrected chi connectivity index (χ0v) is 21.6. The van der Waals surface area contributed by atoms with Crippen molar-refractivity contribution in [3.8, 4) is 5.75 Å². The second-order valence-corrected chi connectivity index (χ2v) is 10.1. The predicted molar refractivity (Wildman–Crippen MR) is 143 cm³/mol. The van der Waals surface area contributed by atoms with E-state index in [9.17, 15) is 14.3 Å². The molecule has 0 bridgehead atoms. The van der Waals surface area contributed by atoms with Gasteiger partial charge in [-0.3, -0.25) is 9.69 Å². The highest BCUT2D eigenvalue weighted by Gasteiger charge is 2.33. The molecule has 1 aromatic heterocycles. The Morgan fingerprint density at radius 3 is 2.76 bits per heavy atom. The first-order chi connectivity index (χ1) is 18.0. The molecule has 2 heterocycles. The fraction of sp³-hybridized carbons (Fsp3) is 0.345. The minimum atomic E-state index is -0.737. The molecule has 8 heteroatoms. The van der Waals surface area contributed by atoms with Gasteiger partial charge in [-0.15, -0.1) is 17.9 Å². The summed E-state index contributed by atoms with van der Waals surface area (Å²) in [7, 11) is 0. The Hall–Kier alpha value is -3.04. The Morgan fingerprint density at radius 1 is 1.22 bits per heavy atom. The average molecular weight is 525 g/mol. The van der Waals surface area contributed by atoms with E-state index in [4.69, 9.17) is 9.47 Å². The van der Waals surface area contributed by atoms with E-state index < -0.39 is 6.10 Å². The maximum absolute atomic E-state index is 13.5. The van der Waals surface area contributed by atoms with Crippen LogP contribution in [0.3, 0.4) is 0 Å². The van der Waals surface area contributed by atoms with Gasteiger partial charge in [-0.1, -0.05) is 36.4 Å². The molecule has 0 fully saturated rings. The van der Waals surface area contributed by atoms with E-state index in [1.807, 2.05) is 51.6 Å². The standard InChI is InChI=1S/C29H33FN2O4S/c1-2-14-31(17-24(33)20-35-19-22-6-4-3-5-7-22)18-29(34)32-15-12-28-26(13-16-37-28)27(32)21-36-25-10-8-23(30)9-11-25/h2-11,13,16,24,27,33H,1,12,14-15,17-21H2/t24-,27+/m0/s1. The minimum Gasteiger partial charge on any atom is -0.491 e. The number of fused-ring (bicyclic) bond motifs is 1. The number of ether oxygens (including phenoxy) is 2. The number of hydrogen-bond donors (Lipinski definition) is 1. The molecule has 1 aliphatic rings. The van der Waals surface area contributed by atoms with Gasteiger partial charge >= 0.3 is 0 Å². The van der Waals surface area contributed by atoms with Gasteiger partial charge in [0.05, 0.1) is 31.9 Å². The van der Waals surface area contributed by atoms with Gasteiger partial charge in [0.2, 0.25) is 5.91 Å². The van der Waals surface area contributed by atoms with Crippen molar-refractivity contribution < 1.29 is 23.8 Å². The topological polar surface area (TPSA) is 62.2 Å². The van der Waals surface area contributed by atoms with Gasteiger partial charge in [0, 0.05) is 24.5 Å². The minimum absolute atomic E-state index is 0.0381. The van der Waals surface area contributed by atoms with Gasteiger partial charge in [-0.05, 0) is 53.3 Å². The lowest BCUT2D eigenvalue weighted by Crippen LogP contribution is -2.48. The molecule has 0 spiro atoms. The van der Waals surface area contributed by atoms with Crippen LogP contribution >= 0.6 is 11.3 Å². The third-order valence-corrected chi connectivity index (χ3v) is 7.27. The molecule has 4 rings (SSSR count). The van der Waals surface area contributed by atoms with Gasteiger partial charge in [0.15, 0.2) is 0 Å². The van der Waals surface area contributed by atoms with Crippen LogP contribution in [0.15, 0.2) is 78.7 Å². The summed E-state index contributed by atoms with van der Waals surface area (Å²) in [5.41, 5.74) is 2.14. The van der Waals surface area contributed by atoms with Crippen molar-refractivity contribution in [2.45, 2.75) is 25.2 Å². The fourth-order valence-corrected chi connectivity index (χ4v) is 5.41. The molecule has 0 radical (unpaired) electrons. The number of rotatable bonds is 13. The highest BCUT2D eigenvalue weighted by atomic mass is 32.1. The predicted octanol–water partition coefficient (Wildman–Crippen LogP) is 4.46. The van der Waals surface area contributed by atoms with Crippen LogP contribution in [0.2, 0.25) is 0 Å². The molecule has 1 aliphatic heterocycles. The maximum Gasteiger partial charge on any atom is 0.237 e. The highest BCUT2D eigenvalue weighted by molar-refractivity contribution is 7.10. The maximum atomic E-state index is 13.5. The van der Waals surface area contributed by atoms with E-state index in [0.29, 0.717) is 32.0 Å². The molecule has 2 aromatic carbocycles. The number of aliphatic hydroxyl groups is 1. The van der Waals surface area contributed by atoms with Gasteiger partial charge in [-0.2, -0.15) is 0 Å². The lowest BCUT2D eigenvalue weighted by Gasteiger charge is -2.37. The lowest BCUT2D eigenvalue weighted by molar-refractivity contribution is -0.136. The van der Waals surface area contributed by atoms with Gasteiger partial charge in [0.25, 0.3) is 0 Å². The smallest absolute Gasteiger partial charge is 0.237 e. The molecular weight excluding hydrogens is 491 g/mol. The molecule has 6 nitrogen and oxygen atoms in total. The van der Waals surface area contributed by atoms with Crippen molar-refractivity contribution >= 4 is 17.2 Å². The normalized spacial score (nSPS) is 15.9. The molecule has 1 N–H and O–H groups in total. The lowest BCUT2D eigenvalue weighted by atomic mass is 10.0. The molecule has 0 saturated heterocycles. The van der Waals surface area contributed by atoms with Crippen LogP contribution in [0.25, 0.3) is 0 Å². The summed E-state index contributed by atoms with van der Waals surface area (Å²) in [6, 6.07) is 17.5. The summed E-state index contributed by atoms with van der Waals surface area (Å²) in [5, 5.41) is 12.6. The van der Waals surface area contributed by atoms with E-state index in [0.717, 1.165) is 17.5 Å². The Kier molecular flexibility index (Phi) is 9.85. The van der Waals surface area contributed by atoms with Crippen molar-refractivity contribution in [1.82, 2.24) is 9.80 Å². The van der Waals surface area contributed by atoms with Crippen LogP contribution in [0.4, 0.5) is 4.39 Å². The molecule has 196 valence electrons. The molecule has 2 atom stereocenters. The van der Waals surface area contributed by atoms with Crippen molar-refractivity contribution in [3.63, 3.8) is 0 Å². The number of amides is 1. The SMILES string of the molecule is C=CCN(CC(=O)N1CCc2sccc2[C@H]1COc1ccc(F)cc1)C[C@H](O)COCc1ccccc1. The summed E-state index contributed by atoms with van der Waals surface area (Å²) in [6.07, 6.45) is 1.79. The Balaban J connectivity index is 1.35. The first-order valence-electron chi connectivity index (χ1n) is 12.4. The van der Waals surface area contributed by atoms with Gasteiger partial charge in [0.1, 0.15) is 18.2 Å². The number of nitrogens with zero attached hydrogens (tertiary/aromatic N) is 2. The van der Waals surface area contributed by atoms with Crippen LogP contribution in [0.5, 0.6) is 5.75 Å². The third-order valence-electron chi connectivity index (χ3n) is 6.27. The van der Waals surface area contributed by atoms with E-state index in [1.165, 1.54) is 17.0 Å². The number of carbonyl (C=O) groups excluding carboxylic acids is 1. The molecule has 3 aromatic rings. The summed E-state index contributed by atoms with van der Waals surface area (Å²) in [6.45, 7) is 6.18. The zero-order valence-electron chi connectivity index (χ0n) is 20.8. The molecule has 1 amide bonds. The van der Waals surface area contributed by atoms with Gasteiger partial charge in [-0.25, -0.2) is 4.39 Å². The first kappa shape index (κ1) is 27.0. The van der Waals surface area contributed by atoms with Crippen LogP contribution in [-0.4, -0.2) is 66.3 Å². The second kappa shape index (κ2) is 13.5. The van der Waals surface area contributed by atoms with E-state index in [-0.39, 0.29) is 37.5 Å². The molecule has 0 saturated carbocycles. The molecule has 0 unspecified atom stereocenters. The zero-order chi connectivity index (χ0) is 26.0. The second-order valence-electron chi connectivity index (χ2n) is 9.05. The van der Waals surface area contributed by atoms with Crippen molar-refractivity contribution in [1.29, 1.82) is 0 Å². The van der Waals surface area contributed by atoms with E-state index >= 15 is 0 Å². The van der Waals surface area contributed by atoms with Crippen LogP contribution in [0.1, 0.15) is 22.0 Å². The average Bonchev–Trinajstić information content (AvgIpc) is 3.38. The quantitative estimate of drug-likeness (QED) is 0.335. The largest absolute Gasteiger partial charge is 0.491 e. The number of benzene rings is 2. The first-order valence-corrected chi connectivity index (χ1v) is 13.3. The number of thiophene rings is 1. The summed E-state index contributed by atoms with van der Waals surface area (Å²) in [4.78, 5) is 18.5. The van der Waals surface area contributed by atoms with Crippen LogP contribution in [0, 0.1) is 5.82 Å². The van der Waals surface area contributed by atoms with E-state index in [1.54, 1.807) is 29.5 Å². The Bertz CT molecular complexity index is 1140. The Morgan fingerprint density at radius 2 is 2.00 bits per heavy atom. The highest BCUT2D eigenvalue weighted by Crippen LogP contribution is 2.34. The molecule has 37 heavy (non-hydrogen) atoms. The van der Waals surface area contributed by atoms with Crippen LogP contribution < -0.4 is 4.74 Å². The van der Waals surface area contributed by atoms with Crippen molar-refractivity contribution in [2.75, 3.05) is 39.4 Å². The Labute approximate surface area is 221 Å². The monoisotopic (exact) mass is 524 g/mol. The summed E-state index contributed by atoms with van der Waals surface area (Å²) >= 11 is 1.69. The number of hydrogen-bond acceptors (Lipinski definition) is 6. The molecule has 0 aliphatic carbocycles. The van der Waals surface area contributed by atoms with Gasteiger partial charge < -0.3 is 19.5 Å². The number of halogens is 1.